The molecule has 25 heavy (non-hydrogen) atoms. The number of benzene rings is 1. The van der Waals surface area contributed by atoms with Crippen LogP contribution in [0.2, 0.25) is 0 Å². The van der Waals surface area contributed by atoms with Crippen molar-refractivity contribution in [2.75, 3.05) is 13.7 Å². The van der Waals surface area contributed by atoms with Crippen LogP contribution in [0.1, 0.15) is 17.6 Å². The Bertz CT molecular complexity index is 820. The van der Waals surface area contributed by atoms with Crippen molar-refractivity contribution in [3.05, 3.63) is 60.2 Å². The van der Waals surface area contributed by atoms with Gasteiger partial charge in [0.05, 0.1) is 19.4 Å². The molecule has 3 aromatic rings. The highest BCUT2D eigenvalue weighted by Crippen LogP contribution is 2.25. The number of nitrogens with one attached hydrogen (secondary N) is 2. The Morgan fingerprint density at radius 2 is 1.92 bits per heavy atom. The summed E-state index contributed by atoms with van der Waals surface area (Å²) in [6.45, 7) is 0.264. The van der Waals surface area contributed by atoms with E-state index >= 15 is 0 Å². The van der Waals surface area contributed by atoms with Crippen LogP contribution in [0.15, 0.2) is 57.6 Å². The Labute approximate surface area is 143 Å². The third-order valence-electron chi connectivity index (χ3n) is 3.70. The molecule has 0 saturated heterocycles. The normalized spacial score (nSPS) is 12.0. The second kappa shape index (κ2) is 7.67. The summed E-state index contributed by atoms with van der Waals surface area (Å²) in [5.41, 5.74) is 0.738. The van der Waals surface area contributed by atoms with Gasteiger partial charge < -0.3 is 24.2 Å². The van der Waals surface area contributed by atoms with Gasteiger partial charge in [-0.05, 0) is 24.3 Å². The number of fused-ring (bicyclic) bond motifs is 1. The van der Waals surface area contributed by atoms with E-state index in [9.17, 15) is 9.59 Å². The molecular formula is C18H18N2O5. The van der Waals surface area contributed by atoms with Gasteiger partial charge in [0.25, 0.3) is 0 Å². The van der Waals surface area contributed by atoms with Gasteiger partial charge in [-0.3, -0.25) is 9.59 Å². The van der Waals surface area contributed by atoms with E-state index in [0.717, 1.165) is 11.0 Å². The molecule has 2 heterocycles. The van der Waals surface area contributed by atoms with Crippen molar-refractivity contribution >= 4 is 22.8 Å². The largest absolute Gasteiger partial charge is 0.467 e. The molecule has 7 nitrogen and oxygen atoms in total. The first-order chi connectivity index (χ1) is 12.2. The van der Waals surface area contributed by atoms with Gasteiger partial charge in [0.1, 0.15) is 23.2 Å². The molecule has 1 aromatic carbocycles. The number of para-hydroxylation sites is 1. The fourth-order valence-corrected chi connectivity index (χ4v) is 2.39. The fraction of sp³-hybridized carbons (Fsp3) is 0.222. The van der Waals surface area contributed by atoms with Crippen molar-refractivity contribution in [1.29, 1.82) is 0 Å². The maximum Gasteiger partial charge on any atom is 0.309 e. The number of hydrogen-bond donors (Lipinski definition) is 2. The van der Waals surface area contributed by atoms with E-state index in [1.807, 2.05) is 30.3 Å². The summed E-state index contributed by atoms with van der Waals surface area (Å²) in [6, 6.07) is 12.8. The third-order valence-corrected chi connectivity index (χ3v) is 3.70. The van der Waals surface area contributed by atoms with Crippen LogP contribution in [-0.4, -0.2) is 25.5 Å². The first kappa shape index (κ1) is 16.8. The summed E-state index contributed by atoms with van der Waals surface area (Å²) in [4.78, 5) is 23.7. The van der Waals surface area contributed by atoms with Gasteiger partial charge in [-0.1, -0.05) is 18.2 Å². The van der Waals surface area contributed by atoms with Crippen molar-refractivity contribution in [1.82, 2.24) is 10.6 Å². The maximum atomic E-state index is 11.9. The molecule has 2 amide bonds. The maximum absolute atomic E-state index is 11.9. The first-order valence-corrected chi connectivity index (χ1v) is 7.77. The quantitative estimate of drug-likeness (QED) is 0.670. The van der Waals surface area contributed by atoms with Crippen LogP contribution >= 0.6 is 0 Å². The minimum atomic E-state index is -0.746. The summed E-state index contributed by atoms with van der Waals surface area (Å²) in [7, 11) is 1.51. The number of hydrogen-bond acceptors (Lipinski definition) is 5. The predicted octanol–water partition coefficient (Wildman–Crippen LogP) is 2.15. The van der Waals surface area contributed by atoms with Crippen LogP contribution in [0.25, 0.3) is 11.0 Å². The molecule has 130 valence electrons. The lowest BCUT2D eigenvalue weighted by molar-refractivity contribution is -0.139. The molecule has 0 aliphatic carbocycles. The Balaban J connectivity index is 1.54. The summed E-state index contributed by atoms with van der Waals surface area (Å²) >= 11 is 0. The van der Waals surface area contributed by atoms with Crippen molar-refractivity contribution in [3.8, 4) is 0 Å². The number of carbonyl (C=O) groups excluding carboxylic acids is 2. The number of carbonyl (C=O) groups is 2. The van der Waals surface area contributed by atoms with E-state index in [0.29, 0.717) is 11.5 Å². The molecule has 7 heteroatoms. The van der Waals surface area contributed by atoms with Crippen LogP contribution in [-0.2, 0) is 20.9 Å². The fourth-order valence-electron chi connectivity index (χ4n) is 2.39. The molecule has 2 aromatic heterocycles. The van der Waals surface area contributed by atoms with Crippen molar-refractivity contribution < 1.29 is 23.2 Å². The van der Waals surface area contributed by atoms with Crippen LogP contribution in [0.5, 0.6) is 0 Å². The minimum absolute atomic E-state index is 0.114. The van der Waals surface area contributed by atoms with E-state index in [1.54, 1.807) is 12.1 Å². The molecule has 0 saturated carbocycles. The highest BCUT2D eigenvalue weighted by Gasteiger charge is 2.19. The number of furan rings is 2. The van der Waals surface area contributed by atoms with Crippen molar-refractivity contribution in [2.45, 2.75) is 12.6 Å². The Kier molecular flexibility index (Phi) is 5.15. The van der Waals surface area contributed by atoms with Crippen molar-refractivity contribution in [3.63, 3.8) is 0 Å². The lowest BCUT2D eigenvalue weighted by Crippen LogP contribution is -2.41. The second-order valence-electron chi connectivity index (χ2n) is 5.38. The van der Waals surface area contributed by atoms with Gasteiger partial charge in [0, 0.05) is 12.5 Å². The minimum Gasteiger partial charge on any atom is -0.467 e. The summed E-state index contributed by atoms with van der Waals surface area (Å²) in [5, 5.41) is 5.97. The molecule has 0 bridgehead atoms. The molecule has 1 atom stereocenters. The van der Waals surface area contributed by atoms with Crippen LogP contribution < -0.4 is 10.6 Å². The van der Waals surface area contributed by atoms with Gasteiger partial charge in [-0.25, -0.2) is 0 Å². The van der Waals surface area contributed by atoms with Gasteiger partial charge in [-0.15, -0.1) is 0 Å². The van der Waals surface area contributed by atoms with E-state index in [2.05, 4.69) is 10.6 Å². The number of methoxy groups -OCH3 is 1. The van der Waals surface area contributed by atoms with E-state index < -0.39 is 17.9 Å². The standard InChI is InChI=1S/C18H18N2O5/c1-23-16(15-9-12-5-2-3-7-14(12)25-15)11-20-18(22)17(21)19-10-13-6-4-8-24-13/h2-9,16H,10-11H2,1H3,(H,19,21)(H,20,22)/t16-/m1/s1. The molecule has 0 aliphatic rings. The van der Waals surface area contributed by atoms with Crippen LogP contribution in [0, 0.1) is 0 Å². The van der Waals surface area contributed by atoms with Gasteiger partial charge in [0.15, 0.2) is 0 Å². The zero-order valence-electron chi connectivity index (χ0n) is 13.7. The molecule has 3 rings (SSSR count). The summed E-state index contributed by atoms with van der Waals surface area (Å²) in [5.74, 6) is -0.334. The molecule has 2 N–H and O–H groups in total. The van der Waals surface area contributed by atoms with E-state index in [4.69, 9.17) is 13.6 Å². The zero-order chi connectivity index (χ0) is 17.6. The Hall–Kier alpha value is -3.06. The average molecular weight is 342 g/mol. The van der Waals surface area contributed by atoms with Crippen LogP contribution in [0.3, 0.4) is 0 Å². The molecule has 0 spiro atoms. The molecule has 0 aliphatic heterocycles. The molecule has 0 unspecified atom stereocenters. The molecule has 0 fully saturated rings. The Morgan fingerprint density at radius 1 is 1.12 bits per heavy atom. The highest BCUT2D eigenvalue weighted by atomic mass is 16.5. The smallest absolute Gasteiger partial charge is 0.309 e. The molecular weight excluding hydrogens is 324 g/mol. The lowest BCUT2D eigenvalue weighted by Gasteiger charge is -2.13. The predicted molar refractivity (Wildman–Crippen MR) is 89.5 cm³/mol. The van der Waals surface area contributed by atoms with E-state index in [1.165, 1.54) is 13.4 Å². The SMILES string of the molecule is CO[C@H](CNC(=O)C(=O)NCc1ccco1)c1cc2ccccc2o1. The molecule has 0 radical (unpaired) electrons. The second-order valence-corrected chi connectivity index (χ2v) is 5.38. The number of ether oxygens (including phenoxy) is 1. The number of rotatable bonds is 6. The first-order valence-electron chi connectivity index (χ1n) is 7.77. The Morgan fingerprint density at radius 3 is 2.64 bits per heavy atom. The summed E-state index contributed by atoms with van der Waals surface area (Å²) < 4.78 is 16.2. The monoisotopic (exact) mass is 342 g/mol. The van der Waals surface area contributed by atoms with Gasteiger partial charge in [-0.2, -0.15) is 0 Å². The average Bonchev–Trinajstić information content (AvgIpc) is 3.29. The topological polar surface area (TPSA) is 93.7 Å². The highest BCUT2D eigenvalue weighted by molar-refractivity contribution is 6.35. The third kappa shape index (κ3) is 4.07. The summed E-state index contributed by atoms with van der Waals surface area (Å²) in [6.07, 6.45) is 1.01. The van der Waals surface area contributed by atoms with Crippen LogP contribution in [0.4, 0.5) is 0 Å². The zero-order valence-corrected chi connectivity index (χ0v) is 13.7. The van der Waals surface area contributed by atoms with Gasteiger partial charge >= 0.3 is 11.8 Å². The lowest BCUT2D eigenvalue weighted by atomic mass is 10.2. The number of amides is 2. The van der Waals surface area contributed by atoms with Gasteiger partial charge in [0.2, 0.25) is 0 Å². The van der Waals surface area contributed by atoms with Crippen molar-refractivity contribution in [2.24, 2.45) is 0 Å². The van der Waals surface area contributed by atoms with E-state index in [-0.39, 0.29) is 13.1 Å².